The van der Waals surface area contributed by atoms with Crippen molar-refractivity contribution in [2.45, 2.75) is 25.4 Å². The molecule has 0 radical (unpaired) electrons. The van der Waals surface area contributed by atoms with Crippen molar-refractivity contribution in [2.24, 2.45) is 5.41 Å². The number of hydrogen-bond donors (Lipinski definition) is 0. The van der Waals surface area contributed by atoms with Crippen molar-refractivity contribution >= 4 is 0 Å². The van der Waals surface area contributed by atoms with E-state index in [1.807, 2.05) is 0 Å². The van der Waals surface area contributed by atoms with Crippen LogP contribution in [0.25, 0.3) is 0 Å². The lowest BCUT2D eigenvalue weighted by Gasteiger charge is -2.35. The zero-order valence-electron chi connectivity index (χ0n) is 7.01. The summed E-state index contributed by atoms with van der Waals surface area (Å²) >= 11 is 0. The van der Waals surface area contributed by atoms with Gasteiger partial charge in [0, 0.05) is 0 Å². The Morgan fingerprint density at radius 3 is 1.29 bits per heavy atom. The molecule has 0 aliphatic heterocycles. The molecule has 0 aliphatic carbocycles. The molecule has 0 nitrogen and oxygen atoms in total. The van der Waals surface area contributed by atoms with E-state index >= 15 is 0 Å². The first kappa shape index (κ1) is 13.2. The molecule has 0 saturated carbocycles. The van der Waals surface area contributed by atoms with E-state index in [1.54, 1.807) is 0 Å². The van der Waals surface area contributed by atoms with Gasteiger partial charge in [-0.2, -0.15) is 26.3 Å². The predicted octanol–water partition coefficient (Wildman–Crippen LogP) is 3.64. The molecule has 0 aliphatic rings. The van der Waals surface area contributed by atoms with Gasteiger partial charge in [0.1, 0.15) is 6.17 Å². The summed E-state index contributed by atoms with van der Waals surface area (Å²) in [6, 6.07) is 0. The second-order valence-corrected chi connectivity index (χ2v) is 2.68. The minimum Gasteiger partial charge on any atom is -0.246 e. The second-order valence-electron chi connectivity index (χ2n) is 2.68. The molecule has 0 aromatic rings. The molecule has 14 heavy (non-hydrogen) atoms. The van der Waals surface area contributed by atoms with Crippen LogP contribution in [0.4, 0.5) is 30.7 Å². The van der Waals surface area contributed by atoms with Crippen LogP contribution in [0.1, 0.15) is 6.92 Å². The van der Waals surface area contributed by atoms with Crippen LogP contribution in [0.2, 0.25) is 0 Å². The van der Waals surface area contributed by atoms with Gasteiger partial charge in [0.15, 0.2) is 0 Å². The Morgan fingerprint density at radius 1 is 1.00 bits per heavy atom. The van der Waals surface area contributed by atoms with E-state index in [-0.39, 0.29) is 6.92 Å². The quantitative estimate of drug-likeness (QED) is 0.496. The lowest BCUT2D eigenvalue weighted by molar-refractivity contribution is -0.336. The van der Waals surface area contributed by atoms with Gasteiger partial charge in [-0.15, -0.1) is 6.58 Å². The molecule has 0 bridgehead atoms. The third-order valence-electron chi connectivity index (χ3n) is 1.89. The van der Waals surface area contributed by atoms with Gasteiger partial charge >= 0.3 is 12.4 Å². The molecule has 0 heterocycles. The van der Waals surface area contributed by atoms with Crippen molar-refractivity contribution in [3.63, 3.8) is 0 Å². The van der Waals surface area contributed by atoms with E-state index in [0.717, 1.165) is 0 Å². The van der Waals surface area contributed by atoms with Crippen molar-refractivity contribution in [1.82, 2.24) is 0 Å². The fraction of sp³-hybridized carbons (Fsp3) is 0.714. The maximum atomic E-state index is 12.5. The van der Waals surface area contributed by atoms with Crippen LogP contribution in [0.5, 0.6) is 0 Å². The number of hydrogen-bond acceptors (Lipinski definition) is 0. The minimum atomic E-state index is -5.75. The molecule has 1 unspecified atom stereocenters. The van der Waals surface area contributed by atoms with Gasteiger partial charge < -0.3 is 0 Å². The van der Waals surface area contributed by atoms with Gasteiger partial charge in [0.25, 0.3) is 0 Å². The summed E-state index contributed by atoms with van der Waals surface area (Å²) in [6.07, 6.45) is -15.1. The zero-order valence-corrected chi connectivity index (χ0v) is 7.01. The molecule has 1 atom stereocenters. The first-order valence-electron chi connectivity index (χ1n) is 3.42. The third-order valence-corrected chi connectivity index (χ3v) is 1.89. The smallest absolute Gasteiger partial charge is 0.246 e. The number of halogens is 7. The highest BCUT2D eigenvalue weighted by Crippen LogP contribution is 2.54. The van der Waals surface area contributed by atoms with Crippen molar-refractivity contribution < 1.29 is 30.7 Å². The SMILES string of the molecule is C=CC(C(C)F)(C(F)(F)F)C(F)(F)F. The van der Waals surface area contributed by atoms with Crippen LogP contribution >= 0.6 is 0 Å². The summed E-state index contributed by atoms with van der Waals surface area (Å²) in [5.74, 6) is 0. The maximum absolute atomic E-state index is 12.5. The van der Waals surface area contributed by atoms with Crippen LogP contribution in [-0.2, 0) is 0 Å². The summed E-state index contributed by atoms with van der Waals surface area (Å²) in [7, 11) is 0. The lowest BCUT2D eigenvalue weighted by atomic mass is 9.82. The molecule has 0 fully saturated rings. The number of rotatable bonds is 2. The second kappa shape index (κ2) is 3.43. The normalized spacial score (nSPS) is 16.6. The Bertz CT molecular complexity index is 195. The summed E-state index contributed by atoms with van der Waals surface area (Å²) in [4.78, 5) is 0. The van der Waals surface area contributed by atoms with E-state index in [9.17, 15) is 30.7 Å². The van der Waals surface area contributed by atoms with Crippen LogP contribution in [0, 0.1) is 5.41 Å². The Balaban J connectivity index is 5.57. The Morgan fingerprint density at radius 2 is 1.29 bits per heavy atom. The first-order chi connectivity index (χ1) is 6.00. The zero-order chi connectivity index (χ0) is 11.8. The molecule has 7 heteroatoms. The summed E-state index contributed by atoms with van der Waals surface area (Å²) in [6.45, 7) is 2.60. The van der Waals surface area contributed by atoms with Crippen LogP contribution in [-0.4, -0.2) is 18.5 Å². The van der Waals surface area contributed by atoms with E-state index in [1.165, 1.54) is 0 Å². The highest BCUT2D eigenvalue weighted by Gasteiger charge is 2.72. The third kappa shape index (κ3) is 1.72. The Kier molecular flexibility index (Phi) is 3.25. The fourth-order valence-electron chi connectivity index (χ4n) is 1.01. The summed E-state index contributed by atoms with van der Waals surface area (Å²) < 4.78 is 85.0. The Labute approximate surface area is 75.4 Å². The van der Waals surface area contributed by atoms with Crippen LogP contribution < -0.4 is 0 Å². The molecular formula is C7H7F7. The average Bonchev–Trinajstić information content (AvgIpc) is 1.80. The maximum Gasteiger partial charge on any atom is 0.409 e. The van der Waals surface area contributed by atoms with Crippen molar-refractivity contribution in [1.29, 1.82) is 0 Å². The van der Waals surface area contributed by atoms with E-state index < -0.39 is 30.0 Å². The fourth-order valence-corrected chi connectivity index (χ4v) is 1.01. The van der Waals surface area contributed by atoms with Gasteiger partial charge in [-0.1, -0.05) is 6.08 Å². The Hall–Kier alpha value is -0.750. The van der Waals surface area contributed by atoms with Gasteiger partial charge in [-0.05, 0) is 6.92 Å². The molecule has 0 N–H and O–H groups in total. The standard InChI is InChI=1S/C7H7F7/c1-3-5(4(2)8,6(9,10)11)7(12,13)14/h3-4H,1H2,2H3. The molecule has 84 valence electrons. The summed E-state index contributed by atoms with van der Waals surface area (Å²) in [5, 5.41) is 0. The van der Waals surface area contributed by atoms with E-state index in [2.05, 4.69) is 6.58 Å². The van der Waals surface area contributed by atoms with Gasteiger partial charge in [-0.3, -0.25) is 0 Å². The number of alkyl halides is 7. The highest BCUT2D eigenvalue weighted by molar-refractivity contribution is 5.08. The molecule has 0 saturated heterocycles. The van der Waals surface area contributed by atoms with Crippen LogP contribution in [0.15, 0.2) is 12.7 Å². The van der Waals surface area contributed by atoms with Crippen molar-refractivity contribution in [2.75, 3.05) is 0 Å². The molecule has 0 aromatic heterocycles. The minimum absolute atomic E-state index is 0.197. The van der Waals surface area contributed by atoms with E-state index in [4.69, 9.17) is 0 Å². The molecule has 0 rings (SSSR count). The van der Waals surface area contributed by atoms with Crippen LogP contribution in [0.3, 0.4) is 0 Å². The average molecular weight is 224 g/mol. The number of allylic oxidation sites excluding steroid dienone is 1. The first-order valence-corrected chi connectivity index (χ1v) is 3.42. The van der Waals surface area contributed by atoms with Crippen molar-refractivity contribution in [3.8, 4) is 0 Å². The predicted molar refractivity (Wildman–Crippen MR) is 35.3 cm³/mol. The van der Waals surface area contributed by atoms with E-state index in [0.29, 0.717) is 0 Å². The van der Waals surface area contributed by atoms with Gasteiger partial charge in [0.2, 0.25) is 5.41 Å². The highest BCUT2D eigenvalue weighted by atomic mass is 19.4. The van der Waals surface area contributed by atoms with Gasteiger partial charge in [-0.25, -0.2) is 4.39 Å². The molecule has 0 aromatic carbocycles. The molecule has 0 spiro atoms. The molecular weight excluding hydrogens is 217 g/mol. The topological polar surface area (TPSA) is 0 Å². The lowest BCUT2D eigenvalue weighted by Crippen LogP contribution is -2.53. The summed E-state index contributed by atoms with van der Waals surface area (Å²) in [5.41, 5.74) is -4.49. The van der Waals surface area contributed by atoms with Crippen molar-refractivity contribution in [3.05, 3.63) is 12.7 Å². The monoisotopic (exact) mass is 224 g/mol. The molecule has 0 amide bonds. The van der Waals surface area contributed by atoms with Gasteiger partial charge in [0.05, 0.1) is 0 Å². The largest absolute Gasteiger partial charge is 0.409 e.